The molecule has 1 N–H and O–H groups in total. The summed E-state index contributed by atoms with van der Waals surface area (Å²) in [4.78, 5) is 0. The van der Waals surface area contributed by atoms with Crippen LogP contribution < -0.4 is 0 Å². The lowest BCUT2D eigenvalue weighted by Gasteiger charge is -2.11. The molecule has 2 atom stereocenters. The van der Waals surface area contributed by atoms with E-state index in [1.807, 2.05) is 12.2 Å². The van der Waals surface area contributed by atoms with Gasteiger partial charge in [-0.1, -0.05) is 57.6 Å². The Hall–Kier alpha value is -0.0300. The first-order valence-corrected chi connectivity index (χ1v) is 8.28. The van der Waals surface area contributed by atoms with Gasteiger partial charge in [0.1, 0.15) is 0 Å². The third-order valence-electron chi connectivity index (χ3n) is 3.28. The molecule has 0 aliphatic heterocycles. The molecule has 0 heterocycles. The number of hydrogen-bond donors (Lipinski definition) is 2. The van der Waals surface area contributed by atoms with Crippen molar-refractivity contribution in [2.45, 2.75) is 77.4 Å². The minimum absolute atomic E-state index is 0.253. The van der Waals surface area contributed by atoms with Gasteiger partial charge in [-0.15, -0.1) is 0 Å². The van der Waals surface area contributed by atoms with Gasteiger partial charge in [0.05, 0.1) is 25.4 Å². The Kier molecular flexibility index (Phi) is 15.3. The van der Waals surface area contributed by atoms with Crippen LogP contribution in [0.4, 0.5) is 0 Å². The first kappa shape index (κ1) is 20.0. The molecule has 2 unspecified atom stereocenters. The van der Waals surface area contributed by atoms with Crippen molar-refractivity contribution in [2.75, 3.05) is 13.2 Å². The summed E-state index contributed by atoms with van der Waals surface area (Å²) in [7, 11) is 0. The van der Waals surface area contributed by atoms with Crippen molar-refractivity contribution in [1.29, 1.82) is 0 Å². The van der Waals surface area contributed by atoms with Crippen LogP contribution in [0, 0.1) is 0 Å². The van der Waals surface area contributed by atoms with Crippen LogP contribution in [0.3, 0.4) is 0 Å². The highest BCUT2D eigenvalue weighted by Crippen LogP contribution is 2.10. The second-order valence-corrected chi connectivity index (χ2v) is 5.62. The highest BCUT2D eigenvalue weighted by atomic mass is 32.1. The highest BCUT2D eigenvalue weighted by Gasteiger charge is 2.01. The standard InChI is InChI=1S/C16H32O3S/c1-3-4-5-6-7-8-11-15(2)18-13-10-9-12-16(17)14-19-20/h9-10,15-17,20H,3-8,11-14H2,1-2H3/b10-9-. The lowest BCUT2D eigenvalue weighted by atomic mass is 10.1. The zero-order valence-corrected chi connectivity index (χ0v) is 14.0. The number of rotatable bonds is 14. The predicted molar refractivity (Wildman–Crippen MR) is 88.1 cm³/mol. The monoisotopic (exact) mass is 304 g/mol. The van der Waals surface area contributed by atoms with Crippen LogP contribution in [-0.4, -0.2) is 30.5 Å². The molecule has 20 heavy (non-hydrogen) atoms. The molecule has 0 fully saturated rings. The van der Waals surface area contributed by atoms with E-state index in [2.05, 4.69) is 30.9 Å². The number of aliphatic hydroxyl groups excluding tert-OH is 1. The molecule has 0 aromatic carbocycles. The molecule has 0 rings (SSSR count). The number of unbranched alkanes of at least 4 members (excludes halogenated alkanes) is 5. The second-order valence-electron chi connectivity index (χ2n) is 5.36. The molecule has 0 radical (unpaired) electrons. The van der Waals surface area contributed by atoms with Gasteiger partial charge in [-0.05, 0) is 32.7 Å². The van der Waals surface area contributed by atoms with Crippen LogP contribution in [-0.2, 0) is 8.92 Å². The van der Waals surface area contributed by atoms with Gasteiger partial charge in [0, 0.05) is 0 Å². The van der Waals surface area contributed by atoms with E-state index in [4.69, 9.17) is 4.74 Å². The summed E-state index contributed by atoms with van der Waals surface area (Å²) in [5.41, 5.74) is 0. The fourth-order valence-electron chi connectivity index (χ4n) is 1.99. The van der Waals surface area contributed by atoms with Crippen LogP contribution in [0.1, 0.15) is 65.2 Å². The third-order valence-corrected chi connectivity index (χ3v) is 3.43. The lowest BCUT2D eigenvalue weighted by Crippen LogP contribution is -2.11. The zero-order chi connectivity index (χ0) is 15.1. The number of thiol groups is 1. The number of hydrogen-bond acceptors (Lipinski definition) is 4. The number of ether oxygens (including phenoxy) is 1. The van der Waals surface area contributed by atoms with Crippen molar-refractivity contribution >= 4 is 12.9 Å². The van der Waals surface area contributed by atoms with Gasteiger partial charge >= 0.3 is 0 Å². The Labute approximate surface area is 130 Å². The van der Waals surface area contributed by atoms with E-state index in [0.717, 1.165) is 6.42 Å². The molecule has 0 aliphatic carbocycles. The van der Waals surface area contributed by atoms with Crippen LogP contribution in [0.2, 0.25) is 0 Å². The maximum Gasteiger partial charge on any atom is 0.0873 e. The van der Waals surface area contributed by atoms with Crippen LogP contribution in [0.15, 0.2) is 12.2 Å². The SMILES string of the molecule is CCCCCCCCC(C)OC/C=C\CC(O)COS. The van der Waals surface area contributed by atoms with Crippen molar-refractivity contribution in [3.8, 4) is 0 Å². The first-order chi connectivity index (χ1) is 9.70. The van der Waals surface area contributed by atoms with Gasteiger partial charge in [0.2, 0.25) is 0 Å². The summed E-state index contributed by atoms with van der Waals surface area (Å²) < 4.78 is 10.3. The Bertz CT molecular complexity index is 222. The summed E-state index contributed by atoms with van der Waals surface area (Å²) >= 11 is 3.60. The molecule has 4 heteroatoms. The Morgan fingerprint density at radius 2 is 1.80 bits per heavy atom. The van der Waals surface area contributed by atoms with Crippen molar-refractivity contribution in [1.82, 2.24) is 0 Å². The van der Waals surface area contributed by atoms with Crippen molar-refractivity contribution in [2.24, 2.45) is 0 Å². The highest BCUT2D eigenvalue weighted by molar-refractivity contribution is 7.75. The average Bonchev–Trinajstić information content (AvgIpc) is 2.42. The average molecular weight is 304 g/mol. The Balaban J connectivity index is 3.35. The molecule has 0 bridgehead atoms. The number of aliphatic hydroxyl groups is 1. The summed E-state index contributed by atoms with van der Waals surface area (Å²) in [5.74, 6) is 0. The van der Waals surface area contributed by atoms with Gasteiger partial charge < -0.3 is 14.0 Å². The zero-order valence-electron chi connectivity index (χ0n) is 13.1. The maximum absolute atomic E-state index is 9.40. The molecule has 0 saturated heterocycles. The Morgan fingerprint density at radius 3 is 2.50 bits per heavy atom. The molecule has 0 aromatic heterocycles. The van der Waals surface area contributed by atoms with E-state index < -0.39 is 6.10 Å². The van der Waals surface area contributed by atoms with Gasteiger partial charge in [0.15, 0.2) is 0 Å². The van der Waals surface area contributed by atoms with Crippen LogP contribution in [0.25, 0.3) is 0 Å². The summed E-state index contributed by atoms with van der Waals surface area (Å²) in [6, 6.07) is 0. The van der Waals surface area contributed by atoms with Crippen molar-refractivity contribution < 1.29 is 14.0 Å². The summed E-state index contributed by atoms with van der Waals surface area (Å²) in [6.45, 7) is 5.24. The molecule has 3 nitrogen and oxygen atoms in total. The molecule has 0 spiro atoms. The van der Waals surface area contributed by atoms with Gasteiger partial charge in [0.25, 0.3) is 0 Å². The molecule has 0 aliphatic rings. The van der Waals surface area contributed by atoms with Crippen LogP contribution in [0.5, 0.6) is 0 Å². The summed E-state index contributed by atoms with van der Waals surface area (Å²) in [5, 5.41) is 9.40. The molecule has 0 amide bonds. The minimum Gasteiger partial charge on any atom is -0.390 e. The predicted octanol–water partition coefficient (Wildman–Crippen LogP) is 4.31. The van der Waals surface area contributed by atoms with Crippen molar-refractivity contribution in [3.05, 3.63) is 12.2 Å². The molecular weight excluding hydrogens is 272 g/mol. The maximum atomic E-state index is 9.40. The third kappa shape index (κ3) is 14.4. The van der Waals surface area contributed by atoms with Gasteiger partial charge in [-0.2, -0.15) is 0 Å². The fraction of sp³-hybridized carbons (Fsp3) is 0.875. The molecular formula is C16H32O3S. The Morgan fingerprint density at radius 1 is 1.10 bits per heavy atom. The molecule has 0 saturated carbocycles. The normalized spacial score (nSPS) is 14.8. The van der Waals surface area contributed by atoms with E-state index in [1.54, 1.807) is 0 Å². The van der Waals surface area contributed by atoms with Gasteiger partial charge in [-0.3, -0.25) is 0 Å². The minimum atomic E-state index is -0.482. The largest absolute Gasteiger partial charge is 0.390 e. The second kappa shape index (κ2) is 15.4. The lowest BCUT2D eigenvalue weighted by molar-refractivity contribution is 0.0792. The first-order valence-electron chi connectivity index (χ1n) is 7.91. The van der Waals surface area contributed by atoms with Gasteiger partial charge in [-0.25, -0.2) is 0 Å². The van der Waals surface area contributed by atoms with Crippen LogP contribution >= 0.6 is 12.9 Å². The van der Waals surface area contributed by atoms with E-state index >= 15 is 0 Å². The molecule has 120 valence electrons. The topological polar surface area (TPSA) is 38.7 Å². The quantitative estimate of drug-likeness (QED) is 0.217. The van der Waals surface area contributed by atoms with E-state index in [9.17, 15) is 5.11 Å². The fourth-order valence-corrected chi connectivity index (χ4v) is 2.16. The van der Waals surface area contributed by atoms with E-state index in [0.29, 0.717) is 19.1 Å². The molecule has 0 aromatic rings. The van der Waals surface area contributed by atoms with Crippen molar-refractivity contribution in [3.63, 3.8) is 0 Å². The van der Waals surface area contributed by atoms with E-state index in [-0.39, 0.29) is 6.61 Å². The van der Waals surface area contributed by atoms with E-state index in [1.165, 1.54) is 38.5 Å². The smallest absolute Gasteiger partial charge is 0.0873 e. The summed E-state index contributed by atoms with van der Waals surface area (Å²) in [6.07, 6.45) is 13.4.